The van der Waals surface area contributed by atoms with Gasteiger partial charge in [0.2, 0.25) is 11.8 Å². The molecular weight excluding hydrogens is 400 g/mol. The molecule has 2 aromatic carbocycles. The van der Waals surface area contributed by atoms with Crippen molar-refractivity contribution in [2.45, 2.75) is 6.42 Å². The molecule has 2 amide bonds. The number of nitrogens with zero attached hydrogens (tertiary/aromatic N) is 3. The Morgan fingerprint density at radius 1 is 1.17 bits per heavy atom. The van der Waals surface area contributed by atoms with Crippen LogP contribution in [0, 0.1) is 0 Å². The van der Waals surface area contributed by atoms with Gasteiger partial charge in [-0.2, -0.15) is 0 Å². The molecule has 5 rings (SSSR count). The third kappa shape index (κ3) is 3.53. The summed E-state index contributed by atoms with van der Waals surface area (Å²) in [4.78, 5) is 32.1. The number of ether oxygens (including phenoxy) is 1. The van der Waals surface area contributed by atoms with Crippen LogP contribution in [0.4, 0.5) is 11.4 Å². The second-order valence-electron chi connectivity index (χ2n) is 6.89. The van der Waals surface area contributed by atoms with Crippen LogP contribution in [-0.4, -0.2) is 34.4 Å². The molecule has 0 fully saturated rings. The number of carbonyl (C=O) groups excluding carboxylic acids is 2. The number of imidazole rings is 1. The summed E-state index contributed by atoms with van der Waals surface area (Å²) < 4.78 is 7.60. The van der Waals surface area contributed by atoms with E-state index in [0.29, 0.717) is 23.7 Å². The quantitative estimate of drug-likeness (QED) is 0.547. The lowest BCUT2D eigenvalue weighted by molar-refractivity contribution is -0.121. The fourth-order valence-corrected chi connectivity index (χ4v) is 4.13. The van der Waals surface area contributed by atoms with Gasteiger partial charge in [0.1, 0.15) is 12.3 Å². The molecule has 0 saturated carbocycles. The van der Waals surface area contributed by atoms with Crippen molar-refractivity contribution in [3.63, 3.8) is 0 Å². The highest BCUT2D eigenvalue weighted by molar-refractivity contribution is 7.15. The first-order valence-electron chi connectivity index (χ1n) is 9.52. The second kappa shape index (κ2) is 7.64. The summed E-state index contributed by atoms with van der Waals surface area (Å²) in [6, 6.07) is 14.8. The molecule has 1 aliphatic heterocycles. The van der Waals surface area contributed by atoms with Crippen molar-refractivity contribution in [3.8, 4) is 17.0 Å². The van der Waals surface area contributed by atoms with Crippen LogP contribution in [0.5, 0.6) is 5.75 Å². The Kier molecular flexibility index (Phi) is 4.68. The van der Waals surface area contributed by atoms with Crippen LogP contribution in [0.25, 0.3) is 16.2 Å². The second-order valence-corrected chi connectivity index (χ2v) is 7.76. The van der Waals surface area contributed by atoms with Crippen molar-refractivity contribution in [2.24, 2.45) is 0 Å². The highest BCUT2D eigenvalue weighted by Crippen LogP contribution is 2.31. The zero-order valence-corrected chi connectivity index (χ0v) is 16.8. The molecule has 0 atom stereocenters. The zero-order valence-electron chi connectivity index (χ0n) is 15.9. The van der Waals surface area contributed by atoms with Crippen LogP contribution >= 0.6 is 11.3 Å². The minimum Gasteiger partial charge on any atom is -0.491 e. The number of para-hydroxylation sites is 2. The summed E-state index contributed by atoms with van der Waals surface area (Å²) in [5.41, 5.74) is 3.13. The average Bonchev–Trinajstić information content (AvgIpc) is 3.31. The van der Waals surface area contributed by atoms with E-state index in [2.05, 4.69) is 10.3 Å². The highest BCUT2D eigenvalue weighted by Gasteiger charge is 2.25. The van der Waals surface area contributed by atoms with Gasteiger partial charge in [-0.25, -0.2) is 4.98 Å². The van der Waals surface area contributed by atoms with E-state index < -0.39 is 0 Å². The van der Waals surface area contributed by atoms with E-state index in [-0.39, 0.29) is 24.8 Å². The van der Waals surface area contributed by atoms with Gasteiger partial charge >= 0.3 is 0 Å². The fraction of sp³-hybridized carbons (Fsp3) is 0.136. The Morgan fingerprint density at radius 2 is 2.00 bits per heavy atom. The zero-order chi connectivity index (χ0) is 20.5. The van der Waals surface area contributed by atoms with Gasteiger partial charge in [0.15, 0.2) is 4.96 Å². The van der Waals surface area contributed by atoms with Gasteiger partial charge in [-0.1, -0.05) is 24.3 Å². The lowest BCUT2D eigenvalue weighted by Crippen LogP contribution is -2.37. The van der Waals surface area contributed by atoms with E-state index in [1.165, 1.54) is 4.90 Å². The molecule has 0 radical (unpaired) electrons. The molecule has 1 aliphatic rings. The van der Waals surface area contributed by atoms with Crippen LogP contribution in [0.15, 0.2) is 66.3 Å². The van der Waals surface area contributed by atoms with Crippen molar-refractivity contribution < 1.29 is 14.3 Å². The number of aromatic nitrogens is 2. The topological polar surface area (TPSA) is 75.9 Å². The van der Waals surface area contributed by atoms with E-state index >= 15 is 0 Å². The summed E-state index contributed by atoms with van der Waals surface area (Å²) in [7, 11) is 0. The first kappa shape index (κ1) is 18.4. The summed E-state index contributed by atoms with van der Waals surface area (Å²) in [6.45, 7) is 0.236. The van der Waals surface area contributed by atoms with Crippen LogP contribution in [0.1, 0.15) is 6.42 Å². The number of rotatable bonds is 4. The van der Waals surface area contributed by atoms with Crippen molar-refractivity contribution in [1.29, 1.82) is 0 Å². The molecule has 4 aromatic rings. The monoisotopic (exact) mass is 418 g/mol. The lowest BCUT2D eigenvalue weighted by atomic mass is 10.1. The van der Waals surface area contributed by atoms with E-state index in [1.807, 2.05) is 58.6 Å². The van der Waals surface area contributed by atoms with Gasteiger partial charge in [-0.3, -0.25) is 18.9 Å². The number of thiazole rings is 1. The molecule has 1 N–H and O–H groups in total. The van der Waals surface area contributed by atoms with Crippen LogP contribution in [0.2, 0.25) is 0 Å². The number of amides is 2. The fourth-order valence-electron chi connectivity index (χ4n) is 3.43. The number of anilines is 2. The van der Waals surface area contributed by atoms with E-state index in [1.54, 1.807) is 23.5 Å². The predicted octanol–water partition coefficient (Wildman–Crippen LogP) is 3.82. The Bertz CT molecular complexity index is 1200. The third-order valence-corrected chi connectivity index (χ3v) is 5.66. The minimum atomic E-state index is -0.268. The molecule has 0 aliphatic carbocycles. The van der Waals surface area contributed by atoms with Gasteiger partial charge in [-0.15, -0.1) is 11.3 Å². The maximum atomic E-state index is 12.6. The molecule has 8 heteroatoms. The lowest BCUT2D eigenvalue weighted by Gasteiger charge is -2.21. The van der Waals surface area contributed by atoms with Gasteiger partial charge in [0.25, 0.3) is 0 Å². The maximum absolute atomic E-state index is 12.6. The summed E-state index contributed by atoms with van der Waals surface area (Å²) >= 11 is 1.58. The number of hydrogen-bond acceptors (Lipinski definition) is 5. The smallest absolute Gasteiger partial charge is 0.244 e. The van der Waals surface area contributed by atoms with Gasteiger partial charge in [-0.05, 0) is 24.3 Å². The minimum absolute atomic E-state index is 0.0711. The summed E-state index contributed by atoms with van der Waals surface area (Å²) in [5, 5.41) is 4.85. The van der Waals surface area contributed by atoms with Crippen LogP contribution < -0.4 is 15.0 Å². The maximum Gasteiger partial charge on any atom is 0.244 e. The molecule has 0 spiro atoms. The Balaban J connectivity index is 1.29. The Labute approximate surface area is 176 Å². The first-order valence-corrected chi connectivity index (χ1v) is 10.4. The van der Waals surface area contributed by atoms with Crippen LogP contribution in [-0.2, 0) is 9.59 Å². The molecule has 30 heavy (non-hydrogen) atoms. The highest BCUT2D eigenvalue weighted by atomic mass is 32.1. The molecule has 7 nitrogen and oxygen atoms in total. The van der Waals surface area contributed by atoms with Crippen molar-refractivity contribution in [1.82, 2.24) is 9.38 Å². The summed E-state index contributed by atoms with van der Waals surface area (Å²) in [6.07, 6.45) is 4.18. The predicted molar refractivity (Wildman–Crippen MR) is 116 cm³/mol. The van der Waals surface area contributed by atoms with Crippen molar-refractivity contribution in [3.05, 3.63) is 66.3 Å². The molecule has 0 unspecified atom stereocenters. The molecule has 3 heterocycles. The molecule has 0 bridgehead atoms. The Hall–Kier alpha value is -3.65. The third-order valence-electron chi connectivity index (χ3n) is 4.89. The largest absolute Gasteiger partial charge is 0.491 e. The molecule has 0 saturated heterocycles. The molecular formula is C22H18N4O3S. The number of benzene rings is 2. The number of fused-ring (bicyclic) bond motifs is 2. The van der Waals surface area contributed by atoms with Gasteiger partial charge in [0.05, 0.1) is 24.4 Å². The molecule has 2 aromatic heterocycles. The SMILES string of the molecule is O=C(CN1C(=O)CCOc2ccccc21)Nc1ccc(-c2cn3ccsc3n2)cc1. The standard InChI is InChI=1S/C22H18N4O3S/c27-20(14-26-18-3-1-2-4-19(18)29-11-9-21(26)28)23-16-7-5-15(6-8-16)17-13-25-10-12-30-22(25)24-17/h1-8,10,12-13H,9,11,14H2,(H,23,27). The first-order chi connectivity index (χ1) is 14.7. The average molecular weight is 418 g/mol. The van der Waals surface area contributed by atoms with E-state index in [9.17, 15) is 9.59 Å². The van der Waals surface area contributed by atoms with E-state index in [4.69, 9.17) is 4.74 Å². The van der Waals surface area contributed by atoms with Gasteiger partial charge < -0.3 is 10.1 Å². The number of nitrogens with one attached hydrogen (secondary N) is 1. The summed E-state index contributed by atoms with van der Waals surface area (Å²) in [5.74, 6) is 0.209. The number of hydrogen-bond donors (Lipinski definition) is 1. The molecule has 150 valence electrons. The van der Waals surface area contributed by atoms with Gasteiger partial charge in [0, 0.05) is 29.0 Å². The van der Waals surface area contributed by atoms with Crippen molar-refractivity contribution in [2.75, 3.05) is 23.4 Å². The van der Waals surface area contributed by atoms with Crippen LogP contribution in [0.3, 0.4) is 0 Å². The normalized spacial score (nSPS) is 13.6. The number of carbonyl (C=O) groups is 2. The van der Waals surface area contributed by atoms with Crippen molar-refractivity contribution >= 4 is 39.5 Å². The van der Waals surface area contributed by atoms with E-state index in [0.717, 1.165) is 16.2 Å². The Morgan fingerprint density at radius 3 is 2.83 bits per heavy atom.